The van der Waals surface area contributed by atoms with Crippen LogP contribution < -0.4 is 27.1 Å². The van der Waals surface area contributed by atoms with Crippen molar-refractivity contribution in [2.24, 2.45) is 0 Å². The van der Waals surface area contributed by atoms with E-state index in [1.807, 2.05) is 0 Å². The van der Waals surface area contributed by atoms with Gasteiger partial charge >= 0.3 is 11.8 Å². The third-order valence-electron chi connectivity index (χ3n) is 5.99. The smallest absolute Gasteiger partial charge is 0.416 e. The van der Waals surface area contributed by atoms with Gasteiger partial charge in [-0.3, -0.25) is 14.5 Å². The fourth-order valence-electron chi connectivity index (χ4n) is 4.10. The molecule has 0 unspecified atom stereocenters. The molecule has 0 radical (unpaired) electrons. The zero-order valence-electron chi connectivity index (χ0n) is 18.8. The number of rotatable bonds is 6. The van der Waals surface area contributed by atoms with Crippen molar-refractivity contribution in [3.05, 3.63) is 90.5 Å². The first-order valence-corrected chi connectivity index (χ1v) is 11.1. The average molecular weight is 499 g/mol. The molecule has 1 fully saturated rings. The summed E-state index contributed by atoms with van der Waals surface area (Å²) in [6.45, 7) is 3.30. The molecule has 0 atom stereocenters. The predicted octanol–water partition coefficient (Wildman–Crippen LogP) is 3.73. The van der Waals surface area contributed by atoms with Crippen LogP contribution in [0.3, 0.4) is 0 Å². The molecule has 36 heavy (non-hydrogen) atoms. The second kappa shape index (κ2) is 9.25. The molecule has 2 heterocycles. The largest absolute Gasteiger partial charge is 0.423 e. The van der Waals surface area contributed by atoms with Crippen LogP contribution >= 0.6 is 0 Å². The predicted molar refractivity (Wildman–Crippen MR) is 128 cm³/mol. The van der Waals surface area contributed by atoms with E-state index in [0.29, 0.717) is 31.0 Å². The second-order valence-electron chi connectivity index (χ2n) is 8.42. The molecular weight excluding hydrogens is 479 g/mol. The lowest BCUT2D eigenvalue weighted by Crippen LogP contribution is -2.36. The number of halogens is 3. The fourth-order valence-corrected chi connectivity index (χ4v) is 4.10. The zero-order valence-corrected chi connectivity index (χ0v) is 18.8. The number of fused-ring (bicyclic) bond motifs is 1. The number of alkyl halides is 3. The molecule has 1 saturated heterocycles. The Morgan fingerprint density at radius 3 is 2.08 bits per heavy atom. The third-order valence-corrected chi connectivity index (χ3v) is 5.99. The molecule has 0 bridgehead atoms. The van der Waals surface area contributed by atoms with Gasteiger partial charge in [0.05, 0.1) is 18.8 Å². The van der Waals surface area contributed by atoms with Gasteiger partial charge in [0.25, 0.3) is 10.9 Å². The number of hydrogen-bond donors (Lipinski definition) is 2. The first-order valence-electron chi connectivity index (χ1n) is 11.1. The summed E-state index contributed by atoms with van der Waals surface area (Å²) in [7, 11) is 0. The number of morpholine rings is 1. The van der Waals surface area contributed by atoms with Crippen molar-refractivity contribution in [3.8, 4) is 0 Å². The van der Waals surface area contributed by atoms with Crippen LogP contribution in [0.15, 0.2) is 67.3 Å². The van der Waals surface area contributed by atoms with Gasteiger partial charge in [-0.15, -0.1) is 0 Å². The molecule has 2 N–H and O–H groups in total. The second-order valence-corrected chi connectivity index (χ2v) is 8.42. The standard InChI is InChI=1S/C25H20F3N3O5/c26-25(27,28)15-1-3-16(4-2-15)29-21-22(24(34)23(21)33)30-17-5-6-18-14(11-20(32)36-19(18)12-17)13-31-7-9-35-10-8-31/h1-6,11-12,29-30H,7-10,13H2. The average Bonchev–Trinajstić information content (AvgIpc) is 2.86. The lowest BCUT2D eigenvalue weighted by atomic mass is 10.1. The van der Waals surface area contributed by atoms with E-state index in [-0.39, 0.29) is 17.1 Å². The number of benzene rings is 2. The van der Waals surface area contributed by atoms with Gasteiger partial charge in [-0.25, -0.2) is 4.79 Å². The number of nitrogens with zero attached hydrogens (tertiary/aromatic N) is 1. The van der Waals surface area contributed by atoms with Crippen LogP contribution in [0.4, 0.5) is 35.9 Å². The summed E-state index contributed by atoms with van der Waals surface area (Å²) >= 11 is 0. The molecule has 11 heteroatoms. The first kappa shape index (κ1) is 23.8. The molecule has 8 nitrogen and oxygen atoms in total. The minimum Gasteiger partial charge on any atom is -0.423 e. The van der Waals surface area contributed by atoms with Crippen LogP contribution in [0.25, 0.3) is 11.0 Å². The van der Waals surface area contributed by atoms with Crippen molar-refractivity contribution >= 4 is 33.7 Å². The molecule has 1 aliphatic heterocycles. The number of hydrogen-bond acceptors (Lipinski definition) is 8. The van der Waals surface area contributed by atoms with Crippen molar-refractivity contribution in [1.29, 1.82) is 0 Å². The van der Waals surface area contributed by atoms with Crippen LogP contribution in [0.2, 0.25) is 0 Å². The van der Waals surface area contributed by atoms with Crippen molar-refractivity contribution in [3.63, 3.8) is 0 Å². The van der Waals surface area contributed by atoms with Crippen LogP contribution in [-0.2, 0) is 17.5 Å². The highest BCUT2D eigenvalue weighted by molar-refractivity contribution is 5.87. The Morgan fingerprint density at radius 1 is 0.833 bits per heavy atom. The normalized spacial score (nSPS) is 14.9. The quantitative estimate of drug-likeness (QED) is 0.306. The Hall–Kier alpha value is -3.96. The summed E-state index contributed by atoms with van der Waals surface area (Å²) in [6, 6.07) is 10.5. The topological polar surface area (TPSA) is 101 Å². The number of anilines is 4. The third kappa shape index (κ3) is 4.75. The van der Waals surface area contributed by atoms with Crippen LogP contribution in [0.1, 0.15) is 11.1 Å². The molecule has 0 amide bonds. The molecule has 3 aromatic carbocycles. The molecular formula is C25H20F3N3O5. The molecule has 0 saturated carbocycles. The minimum absolute atomic E-state index is 0.0360. The highest BCUT2D eigenvalue weighted by Gasteiger charge is 2.30. The Kier molecular flexibility index (Phi) is 6.10. The highest BCUT2D eigenvalue weighted by atomic mass is 19.4. The van der Waals surface area contributed by atoms with Crippen molar-refractivity contribution in [2.45, 2.75) is 12.7 Å². The monoisotopic (exact) mass is 499 g/mol. The van der Waals surface area contributed by atoms with Gasteiger partial charge in [0.2, 0.25) is 0 Å². The maximum Gasteiger partial charge on any atom is 0.416 e. The van der Waals surface area contributed by atoms with Crippen molar-refractivity contribution in [2.75, 3.05) is 36.9 Å². The first-order chi connectivity index (χ1) is 17.2. The summed E-state index contributed by atoms with van der Waals surface area (Å²) in [5.41, 5.74) is -1.28. The Bertz CT molecular complexity index is 1550. The molecule has 1 aliphatic rings. The van der Waals surface area contributed by atoms with E-state index in [9.17, 15) is 27.6 Å². The van der Waals surface area contributed by atoms with Crippen molar-refractivity contribution < 1.29 is 22.3 Å². The Morgan fingerprint density at radius 2 is 1.44 bits per heavy atom. The van der Waals surface area contributed by atoms with Gasteiger partial charge < -0.3 is 19.8 Å². The van der Waals surface area contributed by atoms with E-state index in [1.54, 1.807) is 18.2 Å². The van der Waals surface area contributed by atoms with E-state index in [2.05, 4.69) is 15.5 Å². The maximum absolute atomic E-state index is 12.8. The van der Waals surface area contributed by atoms with Gasteiger partial charge in [0.15, 0.2) is 0 Å². The summed E-state index contributed by atoms with van der Waals surface area (Å²) in [4.78, 5) is 38.7. The summed E-state index contributed by atoms with van der Waals surface area (Å²) in [6.07, 6.45) is -4.49. The number of ether oxygens (including phenoxy) is 1. The highest BCUT2D eigenvalue weighted by Crippen LogP contribution is 2.31. The van der Waals surface area contributed by atoms with E-state index >= 15 is 0 Å². The van der Waals surface area contributed by atoms with E-state index in [4.69, 9.17) is 9.15 Å². The van der Waals surface area contributed by atoms with Gasteiger partial charge in [0.1, 0.15) is 17.0 Å². The summed E-state index contributed by atoms with van der Waals surface area (Å²) in [5, 5.41) is 6.29. The fraction of sp³-hybridized carbons (Fsp3) is 0.240. The molecule has 5 rings (SSSR count). The van der Waals surface area contributed by atoms with E-state index < -0.39 is 28.2 Å². The molecule has 1 aromatic heterocycles. The van der Waals surface area contributed by atoms with E-state index in [0.717, 1.165) is 36.2 Å². The van der Waals surface area contributed by atoms with Gasteiger partial charge in [0, 0.05) is 48.5 Å². The van der Waals surface area contributed by atoms with Gasteiger partial charge in [-0.1, -0.05) is 0 Å². The molecule has 0 aliphatic carbocycles. The number of nitrogens with one attached hydrogen (secondary N) is 2. The van der Waals surface area contributed by atoms with Gasteiger partial charge in [-0.05, 0) is 42.0 Å². The molecule has 4 aromatic rings. The van der Waals surface area contributed by atoms with Crippen LogP contribution in [0, 0.1) is 0 Å². The summed E-state index contributed by atoms with van der Waals surface area (Å²) < 4.78 is 49.1. The van der Waals surface area contributed by atoms with Crippen LogP contribution in [0.5, 0.6) is 0 Å². The maximum atomic E-state index is 12.8. The zero-order chi connectivity index (χ0) is 25.4. The minimum atomic E-state index is -4.49. The molecule has 186 valence electrons. The lowest BCUT2D eigenvalue weighted by Gasteiger charge is -2.26. The Balaban J connectivity index is 1.38. The van der Waals surface area contributed by atoms with E-state index in [1.165, 1.54) is 18.2 Å². The SMILES string of the molecule is O=c1cc(CN2CCOCC2)c2ccc(Nc3c(Nc4ccc(C(F)(F)F)cc4)c(=O)c3=O)cc2o1. The summed E-state index contributed by atoms with van der Waals surface area (Å²) in [5.74, 6) is 0. The van der Waals surface area contributed by atoms with Crippen LogP contribution in [-0.4, -0.2) is 31.2 Å². The Labute approximate surface area is 201 Å². The van der Waals surface area contributed by atoms with Crippen molar-refractivity contribution in [1.82, 2.24) is 4.90 Å². The lowest BCUT2D eigenvalue weighted by molar-refractivity contribution is -0.137. The molecule has 0 spiro atoms. The van der Waals surface area contributed by atoms with Gasteiger partial charge in [-0.2, -0.15) is 13.2 Å².